The van der Waals surface area contributed by atoms with Gasteiger partial charge in [-0.05, 0) is 46.7 Å². The van der Waals surface area contributed by atoms with Gasteiger partial charge in [0.1, 0.15) is 6.04 Å². The van der Waals surface area contributed by atoms with Crippen LogP contribution in [0.5, 0.6) is 0 Å². The monoisotopic (exact) mass is 255 g/mol. The molecule has 18 heavy (non-hydrogen) atoms. The van der Waals surface area contributed by atoms with Gasteiger partial charge in [0.15, 0.2) is 0 Å². The molecule has 104 valence electrons. The molecule has 0 aromatic rings. The Balaban J connectivity index is 2.40. The van der Waals surface area contributed by atoms with Crippen molar-refractivity contribution in [3.8, 4) is 0 Å². The summed E-state index contributed by atoms with van der Waals surface area (Å²) in [6.07, 6.45) is 0. The van der Waals surface area contributed by atoms with Crippen molar-refractivity contribution in [2.24, 2.45) is 11.8 Å². The Bertz CT molecular complexity index is 319. The molecule has 1 aliphatic heterocycles. The van der Waals surface area contributed by atoms with Gasteiger partial charge in [0.05, 0.1) is 0 Å². The lowest BCUT2D eigenvalue weighted by molar-refractivity contribution is -0.132. The zero-order chi connectivity index (χ0) is 13.9. The third-order valence-electron chi connectivity index (χ3n) is 3.18. The Morgan fingerprint density at radius 2 is 1.72 bits per heavy atom. The number of carbonyl (C=O) groups excluding carboxylic acids is 2. The van der Waals surface area contributed by atoms with E-state index in [1.165, 1.54) is 0 Å². The molecule has 5 heteroatoms. The van der Waals surface area contributed by atoms with E-state index in [0.717, 1.165) is 13.1 Å². The standard InChI is InChI=1S/C13H25N3O2/c1-8(10-6-14-7-10)11(17)15-9(2)12(18)16-13(3,4)5/h8-10,14H,6-7H2,1-5H3,(H,15,17)(H,16,18). The van der Waals surface area contributed by atoms with Crippen LogP contribution in [0.1, 0.15) is 34.6 Å². The molecule has 0 spiro atoms. The Labute approximate surface area is 109 Å². The van der Waals surface area contributed by atoms with Crippen LogP contribution in [0.2, 0.25) is 0 Å². The molecule has 0 saturated carbocycles. The van der Waals surface area contributed by atoms with Crippen LogP contribution in [0, 0.1) is 11.8 Å². The summed E-state index contributed by atoms with van der Waals surface area (Å²) < 4.78 is 0. The van der Waals surface area contributed by atoms with Crippen LogP contribution in [0.15, 0.2) is 0 Å². The molecule has 0 aromatic carbocycles. The normalized spacial score (nSPS) is 19.6. The zero-order valence-electron chi connectivity index (χ0n) is 12.0. The minimum Gasteiger partial charge on any atom is -0.350 e. The summed E-state index contributed by atoms with van der Waals surface area (Å²) in [5, 5.41) is 8.77. The van der Waals surface area contributed by atoms with Gasteiger partial charge in [-0.15, -0.1) is 0 Å². The van der Waals surface area contributed by atoms with Crippen molar-refractivity contribution in [2.45, 2.75) is 46.2 Å². The predicted octanol–water partition coefficient (Wildman–Crippen LogP) is 0.261. The summed E-state index contributed by atoms with van der Waals surface area (Å²) in [6.45, 7) is 11.2. The third-order valence-corrected chi connectivity index (χ3v) is 3.18. The first-order chi connectivity index (χ1) is 8.20. The summed E-state index contributed by atoms with van der Waals surface area (Å²) in [6, 6.07) is -0.493. The van der Waals surface area contributed by atoms with Crippen molar-refractivity contribution in [3.63, 3.8) is 0 Å². The molecule has 1 fully saturated rings. The highest BCUT2D eigenvalue weighted by Crippen LogP contribution is 2.15. The number of hydrogen-bond acceptors (Lipinski definition) is 3. The smallest absolute Gasteiger partial charge is 0.242 e. The van der Waals surface area contributed by atoms with Crippen LogP contribution in [-0.2, 0) is 9.59 Å². The summed E-state index contributed by atoms with van der Waals surface area (Å²) >= 11 is 0. The summed E-state index contributed by atoms with van der Waals surface area (Å²) in [4.78, 5) is 23.8. The lowest BCUT2D eigenvalue weighted by Gasteiger charge is -2.32. The van der Waals surface area contributed by atoms with Crippen molar-refractivity contribution in [3.05, 3.63) is 0 Å². The van der Waals surface area contributed by atoms with E-state index >= 15 is 0 Å². The van der Waals surface area contributed by atoms with Gasteiger partial charge in [-0.1, -0.05) is 6.92 Å². The van der Waals surface area contributed by atoms with Crippen molar-refractivity contribution < 1.29 is 9.59 Å². The highest BCUT2D eigenvalue weighted by Gasteiger charge is 2.30. The number of hydrogen-bond donors (Lipinski definition) is 3. The second-order valence-corrected chi connectivity index (χ2v) is 6.18. The van der Waals surface area contributed by atoms with E-state index in [1.807, 2.05) is 27.7 Å². The first-order valence-electron chi connectivity index (χ1n) is 6.54. The quantitative estimate of drug-likeness (QED) is 0.675. The Morgan fingerprint density at radius 3 is 2.11 bits per heavy atom. The molecule has 1 saturated heterocycles. The van der Waals surface area contributed by atoms with Gasteiger partial charge < -0.3 is 16.0 Å². The third kappa shape index (κ3) is 4.29. The molecule has 0 radical (unpaired) electrons. The van der Waals surface area contributed by atoms with Crippen LogP contribution in [0.3, 0.4) is 0 Å². The highest BCUT2D eigenvalue weighted by molar-refractivity contribution is 5.88. The van der Waals surface area contributed by atoms with Crippen molar-refractivity contribution >= 4 is 11.8 Å². The van der Waals surface area contributed by atoms with Gasteiger partial charge >= 0.3 is 0 Å². The average Bonchev–Trinajstić information content (AvgIpc) is 2.11. The van der Waals surface area contributed by atoms with Crippen molar-refractivity contribution in [2.75, 3.05) is 13.1 Å². The molecule has 5 nitrogen and oxygen atoms in total. The zero-order valence-corrected chi connectivity index (χ0v) is 12.0. The Hall–Kier alpha value is -1.10. The Morgan fingerprint density at radius 1 is 1.17 bits per heavy atom. The topological polar surface area (TPSA) is 70.2 Å². The first kappa shape index (κ1) is 15.0. The van der Waals surface area contributed by atoms with Crippen LogP contribution in [0.4, 0.5) is 0 Å². The molecule has 2 amide bonds. The van der Waals surface area contributed by atoms with Gasteiger partial charge in [0.25, 0.3) is 0 Å². The van der Waals surface area contributed by atoms with Crippen LogP contribution in [0.25, 0.3) is 0 Å². The van der Waals surface area contributed by atoms with E-state index in [0.29, 0.717) is 5.92 Å². The second-order valence-electron chi connectivity index (χ2n) is 6.18. The van der Waals surface area contributed by atoms with Gasteiger partial charge in [-0.3, -0.25) is 9.59 Å². The molecule has 1 heterocycles. The van der Waals surface area contributed by atoms with E-state index in [9.17, 15) is 9.59 Å². The molecule has 0 aromatic heterocycles. The van der Waals surface area contributed by atoms with Crippen molar-refractivity contribution in [1.29, 1.82) is 0 Å². The molecular formula is C13H25N3O2. The van der Waals surface area contributed by atoms with E-state index in [2.05, 4.69) is 16.0 Å². The molecule has 2 atom stereocenters. The second kappa shape index (κ2) is 5.69. The van der Waals surface area contributed by atoms with Crippen LogP contribution in [-0.4, -0.2) is 36.5 Å². The fourth-order valence-corrected chi connectivity index (χ4v) is 1.77. The Kier molecular flexibility index (Phi) is 4.73. The van der Waals surface area contributed by atoms with Gasteiger partial charge in [-0.2, -0.15) is 0 Å². The molecule has 2 unspecified atom stereocenters. The van der Waals surface area contributed by atoms with E-state index < -0.39 is 6.04 Å². The molecule has 1 aliphatic rings. The number of nitrogens with one attached hydrogen (secondary N) is 3. The SMILES string of the molecule is CC(NC(=O)C(C)C1CNC1)C(=O)NC(C)(C)C. The molecule has 0 bridgehead atoms. The molecular weight excluding hydrogens is 230 g/mol. The molecule has 1 rings (SSSR count). The van der Waals surface area contributed by atoms with Gasteiger partial charge in [0.2, 0.25) is 11.8 Å². The van der Waals surface area contributed by atoms with Gasteiger partial charge in [-0.25, -0.2) is 0 Å². The highest BCUT2D eigenvalue weighted by atomic mass is 16.2. The fraction of sp³-hybridized carbons (Fsp3) is 0.846. The summed E-state index contributed by atoms with van der Waals surface area (Å²) in [5.41, 5.74) is -0.278. The number of carbonyl (C=O) groups is 2. The largest absolute Gasteiger partial charge is 0.350 e. The predicted molar refractivity (Wildman–Crippen MR) is 71.0 cm³/mol. The van der Waals surface area contributed by atoms with Crippen molar-refractivity contribution in [1.82, 2.24) is 16.0 Å². The maximum atomic E-state index is 11.9. The van der Waals surface area contributed by atoms with E-state index in [-0.39, 0.29) is 23.3 Å². The maximum absolute atomic E-state index is 11.9. The number of rotatable bonds is 4. The molecule has 0 aliphatic carbocycles. The maximum Gasteiger partial charge on any atom is 0.242 e. The fourth-order valence-electron chi connectivity index (χ4n) is 1.77. The minimum absolute atomic E-state index is 0.0435. The van der Waals surface area contributed by atoms with Gasteiger partial charge in [0, 0.05) is 11.5 Å². The van der Waals surface area contributed by atoms with E-state index in [4.69, 9.17) is 0 Å². The van der Waals surface area contributed by atoms with Crippen LogP contribution >= 0.6 is 0 Å². The number of amides is 2. The minimum atomic E-state index is -0.493. The lowest BCUT2D eigenvalue weighted by atomic mass is 9.88. The van der Waals surface area contributed by atoms with E-state index in [1.54, 1.807) is 6.92 Å². The average molecular weight is 255 g/mol. The first-order valence-corrected chi connectivity index (χ1v) is 6.54. The summed E-state index contributed by atoms with van der Waals surface area (Å²) in [5.74, 6) is 0.159. The summed E-state index contributed by atoms with van der Waals surface area (Å²) in [7, 11) is 0. The molecule has 3 N–H and O–H groups in total. The van der Waals surface area contributed by atoms with Crippen LogP contribution < -0.4 is 16.0 Å². The lowest BCUT2D eigenvalue weighted by Crippen LogP contribution is -2.54.